The summed E-state index contributed by atoms with van der Waals surface area (Å²) in [6.45, 7) is 3.63. The first kappa shape index (κ1) is 12.2. The van der Waals surface area contributed by atoms with Crippen LogP contribution in [0.5, 0.6) is 0 Å². The number of thioether (sulfide) groups is 1. The quantitative estimate of drug-likeness (QED) is 0.630. The number of nitrogens with one attached hydrogen (secondary N) is 1. The lowest BCUT2D eigenvalue weighted by molar-refractivity contribution is 0.371. The molecule has 0 aliphatic carbocycles. The van der Waals surface area contributed by atoms with Crippen LogP contribution >= 0.6 is 11.8 Å². The lowest BCUT2D eigenvalue weighted by Gasteiger charge is -2.02. The standard InChI is InChI=1S/C13H16N2OS/c1-11-9-12(16-15-11)10-14-7-8-17-13-5-3-2-4-6-13/h2-6,9,14H,7-8,10H2,1H3. The Morgan fingerprint density at radius 2 is 2.12 bits per heavy atom. The van der Waals surface area contributed by atoms with Crippen molar-refractivity contribution in [2.75, 3.05) is 12.3 Å². The summed E-state index contributed by atoms with van der Waals surface area (Å²) in [5.74, 6) is 1.95. The molecule has 17 heavy (non-hydrogen) atoms. The van der Waals surface area contributed by atoms with E-state index < -0.39 is 0 Å². The summed E-state index contributed by atoms with van der Waals surface area (Å²) in [6.07, 6.45) is 0. The monoisotopic (exact) mass is 248 g/mol. The highest BCUT2D eigenvalue weighted by atomic mass is 32.2. The smallest absolute Gasteiger partial charge is 0.150 e. The third-order valence-corrected chi connectivity index (χ3v) is 3.28. The van der Waals surface area contributed by atoms with Gasteiger partial charge in [0.2, 0.25) is 0 Å². The second kappa shape index (κ2) is 6.47. The molecule has 1 N–H and O–H groups in total. The molecular weight excluding hydrogens is 232 g/mol. The fourth-order valence-corrected chi connectivity index (χ4v) is 2.30. The first-order valence-electron chi connectivity index (χ1n) is 5.65. The molecule has 1 aromatic carbocycles. The van der Waals surface area contributed by atoms with Crippen LogP contribution in [0.25, 0.3) is 0 Å². The average Bonchev–Trinajstić information content (AvgIpc) is 2.76. The molecular formula is C13H16N2OS. The van der Waals surface area contributed by atoms with E-state index in [1.165, 1.54) is 4.90 Å². The van der Waals surface area contributed by atoms with Crippen LogP contribution in [-0.4, -0.2) is 17.5 Å². The fraction of sp³-hybridized carbons (Fsp3) is 0.308. The number of hydrogen-bond acceptors (Lipinski definition) is 4. The van der Waals surface area contributed by atoms with E-state index in [9.17, 15) is 0 Å². The zero-order valence-electron chi connectivity index (χ0n) is 9.85. The molecule has 0 bridgehead atoms. The van der Waals surface area contributed by atoms with Gasteiger partial charge in [0.05, 0.1) is 12.2 Å². The van der Waals surface area contributed by atoms with Crippen molar-refractivity contribution in [2.45, 2.75) is 18.4 Å². The van der Waals surface area contributed by atoms with Gasteiger partial charge in [0.1, 0.15) is 0 Å². The van der Waals surface area contributed by atoms with Crippen molar-refractivity contribution < 1.29 is 4.52 Å². The molecule has 90 valence electrons. The third-order valence-electron chi connectivity index (χ3n) is 2.27. The van der Waals surface area contributed by atoms with Crippen LogP contribution < -0.4 is 5.32 Å². The minimum absolute atomic E-state index is 0.746. The lowest BCUT2D eigenvalue weighted by atomic mass is 10.4. The molecule has 0 saturated carbocycles. The molecule has 0 amide bonds. The van der Waals surface area contributed by atoms with Crippen LogP contribution in [0.15, 0.2) is 45.8 Å². The van der Waals surface area contributed by atoms with E-state index in [2.05, 4.69) is 34.7 Å². The maximum atomic E-state index is 5.11. The summed E-state index contributed by atoms with van der Waals surface area (Å²) in [5.41, 5.74) is 0.931. The minimum atomic E-state index is 0.746. The van der Waals surface area contributed by atoms with Crippen molar-refractivity contribution in [2.24, 2.45) is 0 Å². The number of benzene rings is 1. The van der Waals surface area contributed by atoms with E-state index in [1.54, 1.807) is 0 Å². The highest BCUT2D eigenvalue weighted by Crippen LogP contribution is 2.15. The molecule has 1 heterocycles. The molecule has 0 saturated heterocycles. The zero-order chi connectivity index (χ0) is 11.9. The zero-order valence-corrected chi connectivity index (χ0v) is 10.7. The van der Waals surface area contributed by atoms with Gasteiger partial charge in [-0.1, -0.05) is 23.4 Å². The molecule has 3 nitrogen and oxygen atoms in total. The van der Waals surface area contributed by atoms with E-state index in [0.29, 0.717) is 0 Å². The Labute approximate surface area is 106 Å². The molecule has 0 unspecified atom stereocenters. The second-order valence-corrected chi connectivity index (χ2v) is 4.94. The van der Waals surface area contributed by atoms with Crippen LogP contribution in [0.1, 0.15) is 11.5 Å². The fourth-order valence-electron chi connectivity index (χ4n) is 1.47. The maximum Gasteiger partial charge on any atom is 0.150 e. The number of nitrogens with zero attached hydrogens (tertiary/aromatic N) is 1. The number of rotatable bonds is 6. The van der Waals surface area contributed by atoms with Crippen LogP contribution in [0.4, 0.5) is 0 Å². The summed E-state index contributed by atoms with van der Waals surface area (Å²) in [6, 6.07) is 12.4. The number of hydrogen-bond donors (Lipinski definition) is 1. The van der Waals surface area contributed by atoms with Crippen molar-refractivity contribution in [1.29, 1.82) is 0 Å². The van der Waals surface area contributed by atoms with E-state index in [-0.39, 0.29) is 0 Å². The van der Waals surface area contributed by atoms with Gasteiger partial charge in [0.25, 0.3) is 0 Å². The van der Waals surface area contributed by atoms with Crippen LogP contribution in [-0.2, 0) is 6.54 Å². The van der Waals surface area contributed by atoms with Crippen LogP contribution in [0, 0.1) is 6.92 Å². The summed E-state index contributed by atoms with van der Waals surface area (Å²) in [5, 5.41) is 7.17. The Morgan fingerprint density at radius 1 is 1.29 bits per heavy atom. The molecule has 0 radical (unpaired) electrons. The Morgan fingerprint density at radius 3 is 2.82 bits per heavy atom. The number of aromatic nitrogens is 1. The average molecular weight is 248 g/mol. The van der Waals surface area contributed by atoms with Crippen molar-refractivity contribution in [3.8, 4) is 0 Å². The topological polar surface area (TPSA) is 38.1 Å². The van der Waals surface area contributed by atoms with Crippen molar-refractivity contribution in [3.05, 3.63) is 47.9 Å². The first-order chi connectivity index (χ1) is 8.34. The van der Waals surface area contributed by atoms with Gasteiger partial charge < -0.3 is 9.84 Å². The molecule has 0 fully saturated rings. The first-order valence-corrected chi connectivity index (χ1v) is 6.64. The third kappa shape index (κ3) is 4.24. The van der Waals surface area contributed by atoms with Gasteiger partial charge in [0.15, 0.2) is 5.76 Å². The molecule has 2 rings (SSSR count). The molecule has 2 aromatic rings. The second-order valence-electron chi connectivity index (χ2n) is 3.77. The molecule has 0 atom stereocenters. The molecule has 1 aromatic heterocycles. The summed E-state index contributed by atoms with van der Waals surface area (Å²) >= 11 is 1.85. The number of aryl methyl sites for hydroxylation is 1. The molecule has 0 aliphatic rings. The van der Waals surface area contributed by atoms with E-state index in [0.717, 1.165) is 30.3 Å². The lowest BCUT2D eigenvalue weighted by Crippen LogP contribution is -2.16. The van der Waals surface area contributed by atoms with Crippen LogP contribution in [0.3, 0.4) is 0 Å². The van der Waals surface area contributed by atoms with Gasteiger partial charge in [-0.15, -0.1) is 11.8 Å². The Hall–Kier alpha value is -1.26. The predicted molar refractivity (Wildman–Crippen MR) is 70.1 cm³/mol. The summed E-state index contributed by atoms with van der Waals surface area (Å²) in [7, 11) is 0. The van der Waals surface area contributed by atoms with Crippen molar-refractivity contribution >= 4 is 11.8 Å². The van der Waals surface area contributed by atoms with Crippen LogP contribution in [0.2, 0.25) is 0 Å². The minimum Gasteiger partial charge on any atom is -0.360 e. The Bertz CT molecular complexity index is 442. The predicted octanol–water partition coefficient (Wildman–Crippen LogP) is 2.86. The summed E-state index contributed by atoms with van der Waals surface area (Å²) in [4.78, 5) is 1.31. The Kier molecular flexibility index (Phi) is 4.64. The van der Waals surface area contributed by atoms with Gasteiger partial charge in [0, 0.05) is 23.3 Å². The van der Waals surface area contributed by atoms with Gasteiger partial charge in [-0.05, 0) is 19.1 Å². The SMILES string of the molecule is Cc1cc(CNCCSc2ccccc2)on1. The van der Waals surface area contributed by atoms with E-state index in [4.69, 9.17) is 4.52 Å². The Balaban J connectivity index is 1.61. The van der Waals surface area contributed by atoms with Gasteiger partial charge in [-0.3, -0.25) is 0 Å². The highest BCUT2D eigenvalue weighted by molar-refractivity contribution is 7.99. The van der Waals surface area contributed by atoms with Crippen molar-refractivity contribution in [1.82, 2.24) is 10.5 Å². The van der Waals surface area contributed by atoms with E-state index >= 15 is 0 Å². The molecule has 0 aliphatic heterocycles. The highest BCUT2D eigenvalue weighted by Gasteiger charge is 1.99. The van der Waals surface area contributed by atoms with E-state index in [1.807, 2.05) is 30.8 Å². The van der Waals surface area contributed by atoms with Gasteiger partial charge in [-0.2, -0.15) is 0 Å². The molecule has 4 heteroatoms. The summed E-state index contributed by atoms with van der Waals surface area (Å²) < 4.78 is 5.11. The molecule has 0 spiro atoms. The normalized spacial score (nSPS) is 10.6. The van der Waals surface area contributed by atoms with Crippen molar-refractivity contribution in [3.63, 3.8) is 0 Å². The van der Waals surface area contributed by atoms with Gasteiger partial charge >= 0.3 is 0 Å². The maximum absolute atomic E-state index is 5.11. The van der Waals surface area contributed by atoms with Gasteiger partial charge in [-0.25, -0.2) is 0 Å². The largest absolute Gasteiger partial charge is 0.360 e.